The van der Waals surface area contributed by atoms with Gasteiger partial charge in [0, 0.05) is 12.8 Å². The number of halogens is 64. The standard InChI is InChI=1S/C59H34F64N2O4/c60-30(61,34(68,69)38(76,77)42(84,85)46(92,93)50(100,101)54(108,109)58(118,119)120)13-1-11-29(12-2-14-31(62,63)35(70,71)39(78,79)43(86,87)47(94,95)51(102,103)55(110,111)59(121,122)123,27-124-23(17-126-27)15-21-3-7-25(8-4-21)128-19-32(64,65)36(72,73)40(80,81)44(88,89)48(96,97)52(104,105)56(112,113)114)28-125-24(18-127-28)16-22-5-9-26(10-6-22)129-20-33(66,67)37(74,75)41(82,83)45(90,91)49(98,99)53(106,107)57(115,116)117/h3-10,23-24H,1-2,11-20H2/t23-,24-/m0/s1. The first-order chi connectivity index (χ1) is 56.2. The van der Waals surface area contributed by atoms with Crippen molar-refractivity contribution < 1.29 is 300 Å². The highest BCUT2D eigenvalue weighted by atomic mass is 19.5. The largest absolute Gasteiger partial charge is 0.487 e. The predicted molar refractivity (Wildman–Crippen MR) is 289 cm³/mol. The molecular weight excluding hydrogens is 2020 g/mol. The van der Waals surface area contributed by atoms with Gasteiger partial charge in [0.2, 0.25) is 0 Å². The summed E-state index contributed by atoms with van der Waals surface area (Å²) >= 11 is 0. The number of benzene rings is 2. The number of aliphatic imine (C=N–C) groups is 2. The summed E-state index contributed by atoms with van der Waals surface area (Å²) in [6.07, 6.45) is -54.3. The molecule has 2 atom stereocenters. The summed E-state index contributed by atoms with van der Waals surface area (Å²) in [5.41, 5.74) is -5.71. The monoisotopic (exact) mass is 2050 g/mol. The second kappa shape index (κ2) is 33.0. The van der Waals surface area contributed by atoms with E-state index in [4.69, 9.17) is 9.47 Å². The van der Waals surface area contributed by atoms with E-state index in [0.29, 0.717) is 0 Å². The number of nitrogens with zero attached hydrogens (tertiary/aromatic N) is 2. The van der Waals surface area contributed by atoms with Crippen LogP contribution in [0.15, 0.2) is 58.5 Å². The number of hydrogen-bond acceptors (Lipinski definition) is 6. The maximum Gasteiger partial charge on any atom is 0.460 e. The zero-order valence-corrected chi connectivity index (χ0v) is 59.5. The first-order valence-corrected chi connectivity index (χ1v) is 32.1. The highest BCUT2D eigenvalue weighted by molar-refractivity contribution is 6.06. The third kappa shape index (κ3) is 17.3. The zero-order valence-electron chi connectivity index (χ0n) is 59.5. The van der Waals surface area contributed by atoms with Crippen LogP contribution in [0.5, 0.6) is 11.5 Å². The molecule has 2 aliphatic rings. The fourth-order valence-electron chi connectivity index (χ4n) is 10.7. The highest BCUT2D eigenvalue weighted by Gasteiger charge is 2.99. The molecule has 6 nitrogen and oxygen atoms in total. The quantitative estimate of drug-likeness (QED) is 0.0622. The Morgan fingerprint density at radius 1 is 0.217 bits per heavy atom. The van der Waals surface area contributed by atoms with Gasteiger partial charge in [-0.1, -0.05) is 24.3 Å². The molecule has 0 fully saturated rings. The van der Waals surface area contributed by atoms with E-state index in [-0.39, 0.29) is 48.5 Å². The van der Waals surface area contributed by atoms with Crippen LogP contribution in [0.25, 0.3) is 0 Å². The van der Waals surface area contributed by atoms with Crippen LogP contribution in [0.2, 0.25) is 0 Å². The van der Waals surface area contributed by atoms with Crippen molar-refractivity contribution in [1.82, 2.24) is 0 Å². The Hall–Kier alpha value is -7.50. The molecule has 0 radical (unpaired) electrons. The molecule has 2 aliphatic heterocycles. The lowest BCUT2D eigenvalue weighted by Gasteiger charge is -2.43. The minimum Gasteiger partial charge on any atom is -0.487 e. The summed E-state index contributed by atoms with van der Waals surface area (Å²) in [7, 11) is 0. The van der Waals surface area contributed by atoms with Gasteiger partial charge in [0.25, 0.3) is 0 Å². The summed E-state index contributed by atoms with van der Waals surface area (Å²) in [6.45, 7) is -10.6. The average molecular weight is 2050 g/mol. The van der Waals surface area contributed by atoms with Crippen molar-refractivity contribution in [2.75, 3.05) is 26.4 Å². The molecule has 2 aromatic rings. The van der Waals surface area contributed by atoms with Crippen LogP contribution in [0, 0.1) is 5.41 Å². The summed E-state index contributed by atoms with van der Waals surface area (Å²) in [5.74, 6) is -234. The van der Waals surface area contributed by atoms with Crippen molar-refractivity contribution in [2.24, 2.45) is 15.4 Å². The molecule has 129 heavy (non-hydrogen) atoms. The minimum atomic E-state index is -9.46. The van der Waals surface area contributed by atoms with Crippen LogP contribution in [0.4, 0.5) is 281 Å². The molecule has 0 aliphatic carbocycles. The molecule has 2 aromatic carbocycles. The van der Waals surface area contributed by atoms with E-state index in [1.807, 2.05) is 0 Å². The Morgan fingerprint density at radius 3 is 0.574 bits per heavy atom. The van der Waals surface area contributed by atoms with E-state index in [1.165, 1.54) is 0 Å². The Morgan fingerprint density at radius 2 is 0.388 bits per heavy atom. The van der Waals surface area contributed by atoms with E-state index in [9.17, 15) is 228 Å². The maximum absolute atomic E-state index is 15.7. The molecule has 0 amide bonds. The molecule has 0 spiro atoms. The Labute approximate surface area is 666 Å². The smallest absolute Gasteiger partial charge is 0.460 e. The van der Waals surface area contributed by atoms with Gasteiger partial charge in [0.15, 0.2) is 25.0 Å². The van der Waals surface area contributed by atoms with Crippen molar-refractivity contribution >= 4 is 11.8 Å². The van der Waals surface area contributed by atoms with Crippen molar-refractivity contribution in [3.8, 4) is 11.5 Å². The number of alkyl halides is 64. The first-order valence-electron chi connectivity index (χ1n) is 32.1. The lowest BCUT2D eigenvalue weighted by atomic mass is 9.76. The second-order valence-electron chi connectivity index (χ2n) is 27.3. The molecular formula is C59H34F64N2O4. The van der Waals surface area contributed by atoms with Crippen molar-refractivity contribution in [2.45, 2.75) is 242 Å². The number of hydrogen-bond donors (Lipinski definition) is 0. The topological polar surface area (TPSA) is 61.6 Å². The molecule has 0 aromatic heterocycles. The van der Waals surface area contributed by atoms with E-state index < -0.39 is 308 Å². The Bertz CT molecular complexity index is 3990. The van der Waals surface area contributed by atoms with Crippen LogP contribution in [-0.2, 0) is 22.3 Å². The third-order valence-electron chi connectivity index (χ3n) is 18.4. The summed E-state index contributed by atoms with van der Waals surface area (Å²) < 4.78 is 918. The fourth-order valence-corrected chi connectivity index (χ4v) is 10.7. The van der Waals surface area contributed by atoms with Crippen LogP contribution in [0.1, 0.15) is 49.7 Å². The number of rotatable bonds is 42. The van der Waals surface area contributed by atoms with E-state index in [1.54, 1.807) is 0 Å². The van der Waals surface area contributed by atoms with Crippen molar-refractivity contribution in [3.05, 3.63) is 59.7 Å². The fraction of sp³-hybridized carbons (Fsp3) is 0.763. The van der Waals surface area contributed by atoms with E-state index >= 15 is 52.7 Å². The molecule has 0 saturated heterocycles. The first kappa shape index (κ1) is 114. The van der Waals surface area contributed by atoms with Gasteiger partial charge < -0.3 is 18.9 Å². The summed E-state index contributed by atoms with van der Waals surface area (Å²) in [6, 6.07) is -3.78. The minimum absolute atomic E-state index is 0.00314. The van der Waals surface area contributed by atoms with Crippen LogP contribution in [-0.4, -0.2) is 229 Å². The zero-order chi connectivity index (χ0) is 103. The normalized spacial score (nSPS) is 18.2. The SMILES string of the molecule is FC(F)(F)C(F)(F)C(F)(F)C(F)(F)C(F)(F)C(F)(F)C(F)(F)COc1ccc(C[C@H]2COC(C(CCCC(F)(F)C(F)(F)C(F)(F)C(F)(F)C(F)(F)C(F)(F)C(F)(F)C(F)(F)F)(CCCC(F)(F)C(F)(F)C(F)(F)C(F)(F)C(F)(F)C(F)(F)C(F)(F)C(F)(F)F)C3=N[C@@H](Cc4ccc(OCC(F)(F)C(F)(F)C(F)(F)C(F)(F)C(F)(F)C(F)(F)C(F)(F)F)cc4)CO3)=N2)cc1. The van der Waals surface area contributed by atoms with Gasteiger partial charge >= 0.3 is 179 Å². The average Bonchev–Trinajstić information content (AvgIpc) is 1.71. The Kier molecular flexibility index (Phi) is 29.1. The van der Waals surface area contributed by atoms with Gasteiger partial charge in [-0.15, -0.1) is 0 Å². The van der Waals surface area contributed by atoms with Crippen LogP contribution < -0.4 is 9.47 Å². The Balaban J connectivity index is 2.01. The van der Waals surface area contributed by atoms with Gasteiger partial charge in [-0.3, -0.25) is 0 Å². The molecule has 0 saturated carbocycles. The molecule has 0 unspecified atom stereocenters. The highest BCUT2D eigenvalue weighted by Crippen LogP contribution is 2.70. The molecule has 0 bridgehead atoms. The molecule has 752 valence electrons. The molecule has 4 rings (SSSR count). The van der Waals surface area contributed by atoms with Gasteiger partial charge in [-0.25, -0.2) is 9.98 Å². The van der Waals surface area contributed by atoms with E-state index in [2.05, 4.69) is 19.5 Å². The van der Waals surface area contributed by atoms with Crippen LogP contribution in [0.3, 0.4) is 0 Å². The van der Waals surface area contributed by atoms with Gasteiger partial charge in [0.05, 0.1) is 12.1 Å². The summed E-state index contributed by atoms with van der Waals surface area (Å²) in [5, 5.41) is 0. The van der Waals surface area contributed by atoms with E-state index in [0.717, 1.165) is 0 Å². The number of ether oxygens (including phenoxy) is 4. The lowest BCUT2D eigenvalue weighted by molar-refractivity contribution is -0.461. The van der Waals surface area contributed by atoms with Gasteiger partial charge in [0.1, 0.15) is 30.1 Å². The van der Waals surface area contributed by atoms with Gasteiger partial charge in [-0.05, 0) is 73.9 Å². The lowest BCUT2D eigenvalue weighted by Crippen LogP contribution is -2.74. The van der Waals surface area contributed by atoms with Crippen molar-refractivity contribution in [3.63, 3.8) is 0 Å². The maximum atomic E-state index is 15.7. The van der Waals surface area contributed by atoms with Crippen LogP contribution >= 0.6 is 0 Å². The second-order valence-corrected chi connectivity index (χ2v) is 27.3. The third-order valence-corrected chi connectivity index (χ3v) is 18.4. The molecule has 70 heteroatoms. The predicted octanol–water partition coefficient (Wildman–Crippen LogP) is 25.9. The summed E-state index contributed by atoms with van der Waals surface area (Å²) in [4.78, 5) is 7.00. The molecule has 2 heterocycles. The van der Waals surface area contributed by atoms with Crippen molar-refractivity contribution in [1.29, 1.82) is 0 Å². The molecule has 0 N–H and O–H groups in total. The van der Waals surface area contributed by atoms with Gasteiger partial charge in [-0.2, -0.15) is 281 Å².